The molecule has 6 heteroatoms. The standard InChI is InChI=1S/C29H45BO5/c1-17(11-13-30-34-26(2,3)27(4,5)35-30)20-8-9-21-25-22(16-24(33)29(20,21)7)28(6)12-10-19(31)14-18(28)15-23(25)32/h17-18,20-22,25H,8-16H2,1-7H3/t17?,18-,20+,21-,22-,25-,28-,29+/m0/s1. The van der Waals surface area contributed by atoms with Crippen LogP contribution in [0.3, 0.4) is 0 Å². The molecule has 1 unspecified atom stereocenters. The molecule has 4 aliphatic carbocycles. The van der Waals surface area contributed by atoms with E-state index in [2.05, 4.69) is 48.5 Å². The minimum absolute atomic E-state index is 0.00699. The van der Waals surface area contributed by atoms with Crippen molar-refractivity contribution >= 4 is 24.5 Å². The highest BCUT2D eigenvalue weighted by Crippen LogP contribution is 2.66. The molecule has 8 atom stereocenters. The summed E-state index contributed by atoms with van der Waals surface area (Å²) in [4.78, 5) is 39.7. The zero-order chi connectivity index (χ0) is 25.6. The maximum atomic E-state index is 14.0. The third-order valence-electron chi connectivity index (χ3n) is 12.1. The second-order valence-electron chi connectivity index (χ2n) is 14.2. The van der Waals surface area contributed by atoms with Gasteiger partial charge in [-0.3, -0.25) is 14.4 Å². The Hall–Kier alpha value is -1.01. The molecule has 35 heavy (non-hydrogen) atoms. The number of Topliss-reactive ketones (excluding diaryl/α,β-unsaturated/α-hetero) is 3. The van der Waals surface area contributed by atoms with Crippen LogP contribution in [0.5, 0.6) is 0 Å². The Kier molecular flexibility index (Phi) is 6.04. The molecule has 5 rings (SSSR count). The van der Waals surface area contributed by atoms with Crippen molar-refractivity contribution in [3.8, 4) is 0 Å². The lowest BCUT2D eigenvalue weighted by Gasteiger charge is -2.58. The second kappa shape index (κ2) is 8.25. The van der Waals surface area contributed by atoms with Gasteiger partial charge in [0.2, 0.25) is 0 Å². The number of fused-ring (bicyclic) bond motifs is 5. The Balaban J connectivity index is 1.32. The number of hydrogen-bond acceptors (Lipinski definition) is 5. The molecule has 0 aromatic heterocycles. The quantitative estimate of drug-likeness (QED) is 0.480. The topological polar surface area (TPSA) is 69.7 Å². The average Bonchev–Trinajstić information content (AvgIpc) is 3.21. The average molecular weight is 484 g/mol. The minimum Gasteiger partial charge on any atom is -0.403 e. The summed E-state index contributed by atoms with van der Waals surface area (Å²) < 4.78 is 12.5. The summed E-state index contributed by atoms with van der Waals surface area (Å²) in [5.41, 5.74) is -1.11. The molecule has 194 valence electrons. The van der Waals surface area contributed by atoms with Crippen LogP contribution < -0.4 is 0 Å². The molecule has 0 bridgehead atoms. The number of carbonyl (C=O) groups excluding carboxylic acids is 3. The zero-order valence-corrected chi connectivity index (χ0v) is 22.9. The lowest BCUT2D eigenvalue weighted by molar-refractivity contribution is -0.166. The Bertz CT molecular complexity index is 910. The fraction of sp³-hybridized carbons (Fsp3) is 0.897. The van der Waals surface area contributed by atoms with E-state index >= 15 is 0 Å². The van der Waals surface area contributed by atoms with Gasteiger partial charge in [0.15, 0.2) is 0 Å². The first-order valence-electron chi connectivity index (χ1n) is 14.1. The third-order valence-corrected chi connectivity index (χ3v) is 12.1. The van der Waals surface area contributed by atoms with Crippen LogP contribution in [0, 0.1) is 46.3 Å². The molecule has 0 spiro atoms. The molecular formula is C29H45BO5. The van der Waals surface area contributed by atoms with E-state index in [0.717, 1.165) is 32.0 Å². The van der Waals surface area contributed by atoms with E-state index in [4.69, 9.17) is 9.31 Å². The van der Waals surface area contributed by atoms with Crippen LogP contribution in [-0.2, 0) is 23.7 Å². The van der Waals surface area contributed by atoms with Gasteiger partial charge < -0.3 is 9.31 Å². The monoisotopic (exact) mass is 484 g/mol. The van der Waals surface area contributed by atoms with E-state index < -0.39 is 5.41 Å². The summed E-state index contributed by atoms with van der Waals surface area (Å²) in [7, 11) is -0.204. The molecule has 0 amide bonds. The fourth-order valence-electron chi connectivity index (χ4n) is 9.07. The van der Waals surface area contributed by atoms with Crippen molar-refractivity contribution in [3.63, 3.8) is 0 Å². The van der Waals surface area contributed by atoms with Crippen molar-refractivity contribution in [3.05, 3.63) is 0 Å². The summed E-state index contributed by atoms with van der Waals surface area (Å²) in [5, 5.41) is 0. The second-order valence-corrected chi connectivity index (χ2v) is 14.2. The van der Waals surface area contributed by atoms with Gasteiger partial charge in [0.1, 0.15) is 17.3 Å². The largest absolute Gasteiger partial charge is 0.457 e. The Morgan fingerprint density at radius 3 is 2.23 bits per heavy atom. The normalized spacial score (nSPS) is 45.2. The first-order valence-corrected chi connectivity index (χ1v) is 14.1. The summed E-state index contributed by atoms with van der Waals surface area (Å²) in [6.45, 7) is 15.1. The molecule has 5 nitrogen and oxygen atoms in total. The molecule has 0 radical (unpaired) electrons. The van der Waals surface area contributed by atoms with Gasteiger partial charge in [-0.15, -0.1) is 0 Å². The van der Waals surface area contributed by atoms with Gasteiger partial charge in [-0.05, 0) is 88.3 Å². The van der Waals surface area contributed by atoms with E-state index in [1.54, 1.807) is 0 Å². The van der Waals surface area contributed by atoms with Crippen molar-refractivity contribution in [1.29, 1.82) is 0 Å². The minimum atomic E-state index is -0.417. The molecule has 1 saturated heterocycles. The van der Waals surface area contributed by atoms with Crippen LogP contribution in [0.25, 0.3) is 0 Å². The predicted molar refractivity (Wildman–Crippen MR) is 136 cm³/mol. The van der Waals surface area contributed by atoms with E-state index in [1.807, 2.05) is 0 Å². The van der Waals surface area contributed by atoms with Crippen molar-refractivity contribution in [2.45, 2.75) is 117 Å². The molecule has 0 aromatic carbocycles. The number of hydrogen-bond donors (Lipinski definition) is 0. The van der Waals surface area contributed by atoms with Crippen LogP contribution in [0.1, 0.15) is 99.8 Å². The summed E-state index contributed by atoms with van der Waals surface area (Å²) in [6.07, 6.45) is 6.82. The summed E-state index contributed by atoms with van der Waals surface area (Å²) in [6, 6.07) is 0. The third kappa shape index (κ3) is 3.75. The van der Waals surface area contributed by atoms with Crippen molar-refractivity contribution < 1.29 is 23.7 Å². The van der Waals surface area contributed by atoms with Crippen LogP contribution in [0.2, 0.25) is 6.32 Å². The number of carbonyl (C=O) groups is 3. The van der Waals surface area contributed by atoms with E-state index in [1.165, 1.54) is 0 Å². The van der Waals surface area contributed by atoms with Crippen LogP contribution in [0.4, 0.5) is 0 Å². The van der Waals surface area contributed by atoms with Crippen LogP contribution in [0.15, 0.2) is 0 Å². The Labute approximate surface area is 212 Å². The van der Waals surface area contributed by atoms with Gasteiger partial charge in [0.05, 0.1) is 11.2 Å². The van der Waals surface area contributed by atoms with Gasteiger partial charge >= 0.3 is 7.12 Å². The molecule has 1 aliphatic heterocycles. The molecule has 5 aliphatic rings. The predicted octanol–water partition coefficient (Wildman–Crippen LogP) is 5.69. The van der Waals surface area contributed by atoms with Gasteiger partial charge in [0, 0.05) is 37.0 Å². The molecular weight excluding hydrogens is 439 g/mol. The lowest BCUT2D eigenvalue weighted by atomic mass is 9.44. The van der Waals surface area contributed by atoms with E-state index in [9.17, 15) is 14.4 Å². The Morgan fingerprint density at radius 2 is 1.57 bits per heavy atom. The van der Waals surface area contributed by atoms with Gasteiger partial charge in [-0.2, -0.15) is 0 Å². The Morgan fingerprint density at radius 1 is 0.914 bits per heavy atom. The van der Waals surface area contributed by atoms with Gasteiger partial charge in [0.25, 0.3) is 0 Å². The summed E-state index contributed by atoms with van der Waals surface area (Å²) >= 11 is 0. The van der Waals surface area contributed by atoms with Crippen molar-refractivity contribution in [2.75, 3.05) is 0 Å². The number of ketones is 3. The highest BCUT2D eigenvalue weighted by atomic mass is 16.7. The molecule has 4 saturated carbocycles. The van der Waals surface area contributed by atoms with Crippen molar-refractivity contribution in [2.24, 2.45) is 46.3 Å². The first kappa shape index (κ1) is 25.6. The molecule has 1 heterocycles. The van der Waals surface area contributed by atoms with Crippen LogP contribution in [-0.4, -0.2) is 35.7 Å². The van der Waals surface area contributed by atoms with Gasteiger partial charge in [-0.1, -0.05) is 27.2 Å². The van der Waals surface area contributed by atoms with Crippen LogP contribution >= 0.6 is 0 Å². The highest BCUT2D eigenvalue weighted by Gasteiger charge is 2.66. The molecule has 0 N–H and O–H groups in total. The SMILES string of the molecule is CC(CCB1OC(C)(C)C(C)(C)O1)[C@H]1CC[C@H]2[C@@H]3C(=O)C[C@@H]4CC(=O)CC[C@]4(C)[C@H]3CC(=O)[C@]12C. The number of rotatable bonds is 4. The van der Waals surface area contributed by atoms with Crippen molar-refractivity contribution in [1.82, 2.24) is 0 Å². The molecule has 0 aromatic rings. The van der Waals surface area contributed by atoms with E-state index in [-0.39, 0.29) is 47.4 Å². The smallest absolute Gasteiger partial charge is 0.403 e. The fourth-order valence-corrected chi connectivity index (χ4v) is 9.07. The highest BCUT2D eigenvalue weighted by molar-refractivity contribution is 6.45. The summed E-state index contributed by atoms with van der Waals surface area (Å²) in [5.74, 6) is 2.07. The first-order chi connectivity index (χ1) is 16.2. The van der Waals surface area contributed by atoms with E-state index in [0.29, 0.717) is 54.9 Å². The maximum Gasteiger partial charge on any atom is 0.457 e. The van der Waals surface area contributed by atoms with Gasteiger partial charge in [-0.25, -0.2) is 0 Å². The maximum absolute atomic E-state index is 14.0. The molecule has 5 fully saturated rings. The zero-order valence-electron chi connectivity index (χ0n) is 22.9. The lowest BCUT2D eigenvalue weighted by Crippen LogP contribution is -2.60.